The molecule has 4 rings (SSSR count). The smallest absolute Gasteiger partial charge is 0.282 e. The van der Waals surface area contributed by atoms with Crippen LogP contribution in [-0.2, 0) is 4.79 Å². The highest BCUT2D eigenvalue weighted by Crippen LogP contribution is 2.30. The van der Waals surface area contributed by atoms with E-state index in [0.717, 1.165) is 11.3 Å². The summed E-state index contributed by atoms with van der Waals surface area (Å²) in [6.07, 6.45) is 0. The monoisotopic (exact) mass is 404 g/mol. The third kappa shape index (κ3) is 3.81. The Morgan fingerprint density at radius 2 is 1.86 bits per heavy atom. The van der Waals surface area contributed by atoms with E-state index in [2.05, 4.69) is 20.3 Å². The van der Waals surface area contributed by atoms with Crippen molar-refractivity contribution in [3.63, 3.8) is 0 Å². The first-order valence-electron chi connectivity index (χ1n) is 8.73. The number of carbonyl (C=O) groups is 2. The van der Waals surface area contributed by atoms with Crippen molar-refractivity contribution >= 4 is 39.7 Å². The fraction of sp³-hybridized carbons (Fsp3) is 0.100. The molecular weight excluding hydrogens is 388 g/mol. The first-order chi connectivity index (χ1) is 14.0. The quantitative estimate of drug-likeness (QED) is 0.653. The predicted octanol–water partition coefficient (Wildman–Crippen LogP) is 3.78. The molecule has 0 bridgehead atoms. The Hall–Kier alpha value is -3.72. The van der Waals surface area contributed by atoms with Gasteiger partial charge in [0.15, 0.2) is 6.04 Å². The molecule has 0 saturated carbocycles. The lowest BCUT2D eigenvalue weighted by Crippen LogP contribution is -2.29. The van der Waals surface area contributed by atoms with Gasteiger partial charge in [0.25, 0.3) is 5.91 Å². The third-order valence-electron chi connectivity index (χ3n) is 4.28. The summed E-state index contributed by atoms with van der Waals surface area (Å²) in [7, 11) is 0. The van der Waals surface area contributed by atoms with E-state index < -0.39 is 11.9 Å². The molecule has 3 aromatic rings. The standard InChI is InChI=1S/C20H16N6O2S/c1-12-17(24-23-15-9-7-14(8-10-15)18(21)27)19(28)26(25-12)20-22-16(11-29-20)13-5-3-2-4-6-13/h2-11,17H,1H3,(H2,21,27). The van der Waals surface area contributed by atoms with Crippen LogP contribution in [0.1, 0.15) is 17.3 Å². The first kappa shape index (κ1) is 18.6. The van der Waals surface area contributed by atoms with E-state index in [1.54, 1.807) is 31.2 Å². The minimum atomic E-state index is -0.810. The van der Waals surface area contributed by atoms with Crippen molar-refractivity contribution in [2.75, 3.05) is 5.01 Å². The van der Waals surface area contributed by atoms with Crippen molar-refractivity contribution < 1.29 is 9.59 Å². The molecule has 0 spiro atoms. The molecule has 144 valence electrons. The van der Waals surface area contributed by atoms with E-state index in [1.807, 2.05) is 35.7 Å². The molecule has 9 heteroatoms. The van der Waals surface area contributed by atoms with Crippen molar-refractivity contribution in [1.82, 2.24) is 4.98 Å². The van der Waals surface area contributed by atoms with E-state index >= 15 is 0 Å². The van der Waals surface area contributed by atoms with Crippen molar-refractivity contribution in [3.8, 4) is 11.3 Å². The van der Waals surface area contributed by atoms with E-state index in [4.69, 9.17) is 5.73 Å². The van der Waals surface area contributed by atoms with Crippen LogP contribution >= 0.6 is 11.3 Å². The number of primary amides is 1. The molecule has 1 unspecified atom stereocenters. The fourth-order valence-electron chi connectivity index (χ4n) is 2.75. The van der Waals surface area contributed by atoms with Gasteiger partial charge in [-0.2, -0.15) is 20.3 Å². The van der Waals surface area contributed by atoms with Crippen LogP contribution in [0.5, 0.6) is 0 Å². The number of carbonyl (C=O) groups excluding carboxylic acids is 2. The van der Waals surface area contributed by atoms with Gasteiger partial charge >= 0.3 is 0 Å². The van der Waals surface area contributed by atoms with Gasteiger partial charge in [-0.1, -0.05) is 30.3 Å². The van der Waals surface area contributed by atoms with E-state index in [1.165, 1.54) is 16.3 Å². The van der Waals surface area contributed by atoms with Crippen molar-refractivity contribution in [2.45, 2.75) is 13.0 Å². The lowest BCUT2D eigenvalue weighted by Gasteiger charge is -2.08. The number of hydrogen-bond acceptors (Lipinski definition) is 7. The third-order valence-corrected chi connectivity index (χ3v) is 5.10. The summed E-state index contributed by atoms with van der Waals surface area (Å²) in [5.74, 6) is -0.828. The SMILES string of the molecule is CC1=NN(c2nc(-c3ccccc3)cs2)C(=O)C1N=Nc1ccc(C(N)=O)cc1. The highest BCUT2D eigenvalue weighted by atomic mass is 32.1. The molecular formula is C20H16N6O2S. The Bertz CT molecular complexity index is 1120. The fourth-order valence-corrected chi connectivity index (χ4v) is 3.53. The molecule has 0 fully saturated rings. The molecule has 1 aliphatic rings. The van der Waals surface area contributed by atoms with Gasteiger partial charge in [-0.3, -0.25) is 9.59 Å². The maximum absolute atomic E-state index is 12.8. The molecule has 2 N–H and O–H groups in total. The summed E-state index contributed by atoms with van der Waals surface area (Å²) in [6, 6.07) is 15.2. The lowest BCUT2D eigenvalue weighted by molar-refractivity contribution is -0.117. The minimum Gasteiger partial charge on any atom is -0.366 e. The van der Waals surface area contributed by atoms with Gasteiger partial charge in [0.2, 0.25) is 11.0 Å². The molecule has 1 aromatic heterocycles. The summed E-state index contributed by atoms with van der Waals surface area (Å²) in [5.41, 5.74) is 8.39. The zero-order chi connectivity index (χ0) is 20.4. The molecule has 2 amide bonds. The van der Waals surface area contributed by atoms with Gasteiger partial charge in [0, 0.05) is 16.5 Å². The summed E-state index contributed by atoms with van der Waals surface area (Å²) < 4.78 is 0. The molecule has 2 heterocycles. The van der Waals surface area contributed by atoms with Crippen LogP contribution < -0.4 is 10.7 Å². The van der Waals surface area contributed by atoms with Gasteiger partial charge in [-0.15, -0.1) is 11.3 Å². The molecule has 0 radical (unpaired) electrons. The van der Waals surface area contributed by atoms with Gasteiger partial charge in [-0.05, 0) is 31.2 Å². The Morgan fingerprint density at radius 3 is 2.55 bits per heavy atom. The summed E-state index contributed by atoms with van der Waals surface area (Å²) in [4.78, 5) is 28.4. The average molecular weight is 404 g/mol. The molecule has 1 atom stereocenters. The van der Waals surface area contributed by atoms with Crippen LogP contribution in [0.2, 0.25) is 0 Å². The highest BCUT2D eigenvalue weighted by Gasteiger charge is 2.36. The van der Waals surface area contributed by atoms with Crippen molar-refractivity contribution in [2.24, 2.45) is 21.1 Å². The number of benzene rings is 2. The summed E-state index contributed by atoms with van der Waals surface area (Å²) in [6.45, 7) is 1.73. The summed E-state index contributed by atoms with van der Waals surface area (Å²) >= 11 is 1.34. The second-order valence-electron chi connectivity index (χ2n) is 6.30. The zero-order valence-electron chi connectivity index (χ0n) is 15.4. The number of rotatable bonds is 5. The Labute approximate surface area is 170 Å². The maximum atomic E-state index is 12.8. The normalized spacial score (nSPS) is 16.4. The Balaban J connectivity index is 1.51. The van der Waals surface area contributed by atoms with E-state index in [0.29, 0.717) is 22.1 Å². The largest absolute Gasteiger partial charge is 0.366 e. The van der Waals surface area contributed by atoms with E-state index in [-0.39, 0.29) is 5.91 Å². The zero-order valence-corrected chi connectivity index (χ0v) is 16.2. The minimum absolute atomic E-state index is 0.311. The number of anilines is 1. The number of nitrogens with two attached hydrogens (primary N) is 1. The van der Waals surface area contributed by atoms with Gasteiger partial charge in [-0.25, -0.2) is 4.98 Å². The van der Waals surface area contributed by atoms with Gasteiger partial charge < -0.3 is 5.73 Å². The Morgan fingerprint density at radius 1 is 1.14 bits per heavy atom. The average Bonchev–Trinajstić information content (AvgIpc) is 3.32. The molecule has 0 saturated heterocycles. The number of nitrogens with zero attached hydrogens (tertiary/aromatic N) is 5. The van der Waals surface area contributed by atoms with Crippen molar-refractivity contribution in [3.05, 3.63) is 65.5 Å². The highest BCUT2D eigenvalue weighted by molar-refractivity contribution is 7.14. The molecule has 2 aromatic carbocycles. The number of amides is 2. The molecule has 8 nitrogen and oxygen atoms in total. The van der Waals surface area contributed by atoms with Crippen LogP contribution in [0, 0.1) is 0 Å². The van der Waals surface area contributed by atoms with Gasteiger partial charge in [0.05, 0.1) is 17.1 Å². The number of thiazole rings is 1. The van der Waals surface area contributed by atoms with Crippen LogP contribution in [0.25, 0.3) is 11.3 Å². The van der Waals surface area contributed by atoms with Crippen LogP contribution in [0.15, 0.2) is 75.3 Å². The molecule has 1 aliphatic heterocycles. The second kappa shape index (κ2) is 7.72. The Kier molecular flexibility index (Phi) is 4.96. The van der Waals surface area contributed by atoms with Crippen LogP contribution in [0.3, 0.4) is 0 Å². The number of hydrogen-bond donors (Lipinski definition) is 1. The number of azo groups is 1. The topological polar surface area (TPSA) is 113 Å². The van der Waals surface area contributed by atoms with Gasteiger partial charge in [0.1, 0.15) is 0 Å². The predicted molar refractivity (Wildman–Crippen MR) is 111 cm³/mol. The maximum Gasteiger partial charge on any atom is 0.282 e. The van der Waals surface area contributed by atoms with E-state index in [9.17, 15) is 9.59 Å². The molecule has 0 aliphatic carbocycles. The van der Waals surface area contributed by atoms with Crippen molar-refractivity contribution in [1.29, 1.82) is 0 Å². The molecule has 29 heavy (non-hydrogen) atoms. The first-order valence-corrected chi connectivity index (χ1v) is 9.61. The summed E-state index contributed by atoms with van der Waals surface area (Å²) in [5, 5.41) is 16.2. The van der Waals surface area contributed by atoms with Crippen LogP contribution in [-0.4, -0.2) is 28.6 Å². The lowest BCUT2D eigenvalue weighted by atomic mass is 10.2. The van der Waals surface area contributed by atoms with Crippen LogP contribution in [0.4, 0.5) is 10.8 Å². The number of aromatic nitrogens is 1. The second-order valence-corrected chi connectivity index (χ2v) is 7.14. The number of hydrazone groups is 1.